The van der Waals surface area contributed by atoms with Crippen LogP contribution in [-0.2, 0) is 6.42 Å². The number of rotatable bonds is 2. The van der Waals surface area contributed by atoms with Crippen molar-refractivity contribution in [1.29, 1.82) is 0 Å². The van der Waals surface area contributed by atoms with E-state index in [1.165, 1.54) is 0 Å². The van der Waals surface area contributed by atoms with E-state index < -0.39 is 0 Å². The summed E-state index contributed by atoms with van der Waals surface area (Å²) in [4.78, 5) is 16.7. The van der Waals surface area contributed by atoms with E-state index >= 15 is 0 Å². The van der Waals surface area contributed by atoms with Crippen LogP contribution in [0, 0.1) is 0 Å². The third-order valence-corrected chi connectivity index (χ3v) is 5.18. The van der Waals surface area contributed by atoms with Gasteiger partial charge in [-0.05, 0) is 36.2 Å². The molecular weight excluding hydrogens is 350 g/mol. The van der Waals surface area contributed by atoms with Gasteiger partial charge in [0.25, 0.3) is 0 Å². The van der Waals surface area contributed by atoms with E-state index in [2.05, 4.69) is 22.3 Å². The van der Waals surface area contributed by atoms with Gasteiger partial charge in [-0.1, -0.05) is 35.9 Å². The molecule has 1 saturated heterocycles. The summed E-state index contributed by atoms with van der Waals surface area (Å²) in [5, 5.41) is 3.85. The van der Waals surface area contributed by atoms with Gasteiger partial charge in [0.15, 0.2) is 0 Å². The summed E-state index contributed by atoms with van der Waals surface area (Å²) in [6.45, 7) is 3.52. The highest BCUT2D eigenvalue weighted by molar-refractivity contribution is 6.30. The fourth-order valence-electron chi connectivity index (χ4n) is 3.53. The molecule has 0 radical (unpaired) electrons. The smallest absolute Gasteiger partial charge is 0.317 e. The number of hydrogen-bond donors (Lipinski definition) is 1. The minimum Gasteiger partial charge on any atom is -0.491 e. The highest BCUT2D eigenvalue weighted by Crippen LogP contribution is 2.24. The molecule has 1 atom stereocenters. The average Bonchev–Trinajstić information content (AvgIpc) is 2.68. The van der Waals surface area contributed by atoms with Gasteiger partial charge in [-0.3, -0.25) is 0 Å². The van der Waals surface area contributed by atoms with Crippen molar-refractivity contribution in [1.82, 2.24) is 10.2 Å². The molecular formula is C20H22ClN3O2. The first-order valence-electron chi connectivity index (χ1n) is 8.96. The Morgan fingerprint density at radius 3 is 2.69 bits per heavy atom. The average molecular weight is 372 g/mol. The Bertz CT molecular complexity index is 790. The molecule has 2 aromatic carbocycles. The molecule has 0 bridgehead atoms. The van der Waals surface area contributed by atoms with Crippen LogP contribution in [0.2, 0.25) is 5.02 Å². The maximum Gasteiger partial charge on any atom is 0.317 e. The third-order valence-electron chi connectivity index (χ3n) is 4.95. The van der Waals surface area contributed by atoms with E-state index in [1.807, 2.05) is 41.3 Å². The van der Waals surface area contributed by atoms with E-state index in [1.54, 1.807) is 0 Å². The highest BCUT2D eigenvalue weighted by atomic mass is 35.5. The predicted octanol–water partition coefficient (Wildman–Crippen LogP) is 3.18. The third kappa shape index (κ3) is 3.73. The number of urea groups is 1. The molecule has 0 unspecified atom stereocenters. The molecule has 0 saturated carbocycles. The molecule has 1 N–H and O–H groups in total. The fourth-order valence-corrected chi connectivity index (χ4v) is 3.71. The number of piperazine rings is 1. The summed E-state index contributed by atoms with van der Waals surface area (Å²) in [6, 6.07) is 15.9. The Morgan fingerprint density at radius 2 is 1.88 bits per heavy atom. The maximum atomic E-state index is 12.6. The summed E-state index contributed by atoms with van der Waals surface area (Å²) in [7, 11) is 0. The van der Waals surface area contributed by atoms with Crippen LogP contribution in [0.3, 0.4) is 0 Å². The number of hydrogen-bond acceptors (Lipinski definition) is 3. The Hall–Kier alpha value is -2.40. The molecule has 2 aliphatic rings. The number of nitrogens with zero attached hydrogens (tertiary/aromatic N) is 2. The molecule has 4 rings (SSSR count). The van der Waals surface area contributed by atoms with Gasteiger partial charge < -0.3 is 19.9 Å². The second-order valence-corrected chi connectivity index (χ2v) is 7.16. The molecule has 136 valence electrons. The number of benzene rings is 2. The van der Waals surface area contributed by atoms with E-state index in [9.17, 15) is 4.79 Å². The molecule has 5 nitrogen and oxygen atoms in total. The summed E-state index contributed by atoms with van der Waals surface area (Å²) >= 11 is 6.07. The predicted molar refractivity (Wildman–Crippen MR) is 103 cm³/mol. The fraction of sp³-hybridized carbons (Fsp3) is 0.350. The first-order valence-corrected chi connectivity index (χ1v) is 9.33. The van der Waals surface area contributed by atoms with Crippen molar-refractivity contribution in [3.8, 4) is 5.75 Å². The molecule has 1 fully saturated rings. The monoisotopic (exact) mass is 371 g/mol. The molecule has 2 heterocycles. The van der Waals surface area contributed by atoms with E-state index in [0.717, 1.165) is 41.5 Å². The van der Waals surface area contributed by atoms with Crippen molar-refractivity contribution in [3.63, 3.8) is 0 Å². The van der Waals surface area contributed by atoms with Crippen LogP contribution < -0.4 is 15.0 Å². The Morgan fingerprint density at radius 1 is 1.08 bits per heavy atom. The van der Waals surface area contributed by atoms with Crippen molar-refractivity contribution in [2.45, 2.75) is 12.5 Å². The summed E-state index contributed by atoms with van der Waals surface area (Å²) in [5.41, 5.74) is 2.25. The molecule has 2 aliphatic heterocycles. The number of nitrogens with one attached hydrogen (secondary N) is 1. The zero-order valence-electron chi connectivity index (χ0n) is 14.5. The van der Waals surface area contributed by atoms with Gasteiger partial charge >= 0.3 is 6.03 Å². The number of carbonyl (C=O) groups is 1. The second kappa shape index (κ2) is 7.46. The van der Waals surface area contributed by atoms with Gasteiger partial charge in [-0.15, -0.1) is 0 Å². The van der Waals surface area contributed by atoms with Crippen molar-refractivity contribution >= 4 is 23.3 Å². The number of carbonyl (C=O) groups excluding carboxylic acids is 1. The van der Waals surface area contributed by atoms with Crippen molar-refractivity contribution in [2.24, 2.45) is 0 Å². The van der Waals surface area contributed by atoms with Crippen LogP contribution in [0.5, 0.6) is 5.75 Å². The van der Waals surface area contributed by atoms with Gasteiger partial charge in [0.05, 0.1) is 6.04 Å². The standard InChI is InChI=1S/C20H22ClN3O2/c21-16-5-3-6-18(13-16)23-8-10-24(11-9-23)20(25)22-17-12-15-4-1-2-7-19(15)26-14-17/h1-7,13,17H,8-12,14H2,(H,22,25)/t17-/m1/s1. The number of amides is 2. The second-order valence-electron chi connectivity index (χ2n) is 6.72. The normalized spacial score (nSPS) is 19.5. The van der Waals surface area contributed by atoms with Crippen LogP contribution in [-0.4, -0.2) is 49.8 Å². The number of ether oxygens (including phenoxy) is 1. The summed E-state index contributed by atoms with van der Waals surface area (Å²) < 4.78 is 5.76. The lowest BCUT2D eigenvalue weighted by atomic mass is 10.0. The molecule has 26 heavy (non-hydrogen) atoms. The van der Waals surface area contributed by atoms with Gasteiger partial charge in [0.2, 0.25) is 0 Å². The molecule has 0 aliphatic carbocycles. The number of fused-ring (bicyclic) bond motifs is 1. The first kappa shape index (κ1) is 17.0. The van der Waals surface area contributed by atoms with Crippen LogP contribution in [0.1, 0.15) is 5.56 Å². The van der Waals surface area contributed by atoms with E-state index in [0.29, 0.717) is 19.7 Å². The quantitative estimate of drug-likeness (QED) is 0.881. The van der Waals surface area contributed by atoms with Gasteiger partial charge in [0.1, 0.15) is 12.4 Å². The van der Waals surface area contributed by atoms with Crippen LogP contribution in [0.4, 0.5) is 10.5 Å². The Kier molecular flexibility index (Phi) is 4.89. The molecule has 0 aromatic heterocycles. The largest absolute Gasteiger partial charge is 0.491 e. The van der Waals surface area contributed by atoms with Crippen LogP contribution >= 0.6 is 11.6 Å². The lowest BCUT2D eigenvalue weighted by Gasteiger charge is -2.37. The maximum absolute atomic E-state index is 12.6. The zero-order valence-corrected chi connectivity index (χ0v) is 15.3. The Labute approximate surface area is 158 Å². The van der Waals surface area contributed by atoms with Gasteiger partial charge in [-0.2, -0.15) is 0 Å². The first-order chi connectivity index (χ1) is 12.7. The number of para-hydroxylation sites is 1. The minimum absolute atomic E-state index is 0.0104. The van der Waals surface area contributed by atoms with Crippen molar-refractivity contribution in [2.75, 3.05) is 37.7 Å². The Balaban J connectivity index is 1.30. The summed E-state index contributed by atoms with van der Waals surface area (Å²) in [6.07, 6.45) is 0.810. The van der Waals surface area contributed by atoms with Crippen LogP contribution in [0.25, 0.3) is 0 Å². The van der Waals surface area contributed by atoms with Crippen LogP contribution in [0.15, 0.2) is 48.5 Å². The molecule has 0 spiro atoms. The van der Waals surface area contributed by atoms with Crippen molar-refractivity contribution < 1.29 is 9.53 Å². The number of halogens is 1. The lowest BCUT2D eigenvalue weighted by molar-refractivity contribution is 0.178. The molecule has 2 aromatic rings. The number of anilines is 1. The molecule has 2 amide bonds. The van der Waals surface area contributed by atoms with Crippen molar-refractivity contribution in [3.05, 3.63) is 59.1 Å². The van der Waals surface area contributed by atoms with Gasteiger partial charge in [0, 0.05) is 36.9 Å². The highest BCUT2D eigenvalue weighted by Gasteiger charge is 2.26. The van der Waals surface area contributed by atoms with E-state index in [-0.39, 0.29) is 12.1 Å². The lowest BCUT2D eigenvalue weighted by Crippen LogP contribution is -2.55. The molecule has 6 heteroatoms. The topological polar surface area (TPSA) is 44.8 Å². The minimum atomic E-state index is -0.0104. The SMILES string of the molecule is O=C(N[C@H]1COc2ccccc2C1)N1CCN(c2cccc(Cl)c2)CC1. The zero-order chi connectivity index (χ0) is 17.9. The summed E-state index contributed by atoms with van der Waals surface area (Å²) in [5.74, 6) is 0.924. The van der Waals surface area contributed by atoms with Gasteiger partial charge in [-0.25, -0.2) is 4.79 Å². The van der Waals surface area contributed by atoms with E-state index in [4.69, 9.17) is 16.3 Å².